The molecule has 0 N–H and O–H groups in total. The fourth-order valence-corrected chi connectivity index (χ4v) is 5.30. The van der Waals surface area contributed by atoms with Gasteiger partial charge in [0.2, 0.25) is 0 Å². The zero-order chi connectivity index (χ0) is 14.0. The molecular weight excluding hydrogens is 248 g/mol. The fraction of sp³-hybridized carbons (Fsp3) is 0.833. The lowest BCUT2D eigenvalue weighted by atomic mass is 9.50. The summed E-state index contributed by atoms with van der Waals surface area (Å²) in [5.41, 5.74) is 0.369. The minimum absolute atomic E-state index is 0.0187. The van der Waals surface area contributed by atoms with Crippen molar-refractivity contribution in [2.24, 2.45) is 23.2 Å². The zero-order valence-corrected chi connectivity index (χ0v) is 12.8. The molecule has 4 aliphatic rings. The first kappa shape index (κ1) is 14.2. The number of rotatable bonds is 6. The van der Waals surface area contributed by atoms with Crippen LogP contribution in [0.2, 0.25) is 0 Å². The van der Waals surface area contributed by atoms with Crippen molar-refractivity contribution in [1.82, 2.24) is 0 Å². The number of esters is 1. The number of hydrogen-bond acceptors (Lipinski definition) is 2. The second kappa shape index (κ2) is 5.91. The van der Waals surface area contributed by atoms with E-state index >= 15 is 0 Å². The number of allylic oxidation sites excluding steroid dienone is 2. The molecule has 112 valence electrons. The van der Waals surface area contributed by atoms with Crippen molar-refractivity contribution < 1.29 is 9.53 Å². The van der Waals surface area contributed by atoms with E-state index in [1.807, 2.05) is 13.0 Å². The van der Waals surface area contributed by atoms with Gasteiger partial charge in [-0.3, -0.25) is 4.79 Å². The molecule has 0 heterocycles. The molecule has 4 aliphatic carbocycles. The summed E-state index contributed by atoms with van der Waals surface area (Å²) in [6, 6.07) is 0. The minimum Gasteiger partial charge on any atom is -0.465 e. The van der Waals surface area contributed by atoms with Gasteiger partial charge < -0.3 is 4.74 Å². The Balaban J connectivity index is 1.45. The molecule has 0 spiro atoms. The Morgan fingerprint density at radius 3 is 2.30 bits per heavy atom. The maximum atomic E-state index is 11.9. The van der Waals surface area contributed by atoms with E-state index in [0.29, 0.717) is 18.4 Å². The quantitative estimate of drug-likeness (QED) is 0.406. The maximum Gasteiger partial charge on any atom is 0.305 e. The molecule has 0 unspecified atom stereocenters. The van der Waals surface area contributed by atoms with Crippen molar-refractivity contribution in [3.63, 3.8) is 0 Å². The molecule has 4 fully saturated rings. The summed E-state index contributed by atoms with van der Waals surface area (Å²) in [6.07, 6.45) is 15.0. The van der Waals surface area contributed by atoms with E-state index in [4.69, 9.17) is 4.74 Å². The van der Waals surface area contributed by atoms with E-state index in [1.165, 1.54) is 38.5 Å². The third-order valence-electron chi connectivity index (χ3n) is 5.69. The van der Waals surface area contributed by atoms with Gasteiger partial charge >= 0.3 is 5.97 Å². The van der Waals surface area contributed by atoms with Gasteiger partial charge in [0, 0.05) is 11.8 Å². The van der Waals surface area contributed by atoms with E-state index in [9.17, 15) is 4.79 Å². The largest absolute Gasteiger partial charge is 0.465 e. The van der Waals surface area contributed by atoms with Crippen LogP contribution in [-0.2, 0) is 9.53 Å². The predicted molar refractivity (Wildman–Crippen MR) is 80.2 cm³/mol. The lowest BCUT2D eigenvalue weighted by Gasteiger charge is -2.56. The monoisotopic (exact) mass is 276 g/mol. The molecule has 4 rings (SSSR count). The SMILES string of the molecule is C/C=C\CCCC(=O)OCC12CC3CC(CC(C3)C1)C2. The highest BCUT2D eigenvalue weighted by Gasteiger charge is 2.51. The van der Waals surface area contributed by atoms with Crippen molar-refractivity contribution in [1.29, 1.82) is 0 Å². The standard InChI is InChI=1S/C18H28O2/c1-2-3-4-5-6-17(19)20-13-18-10-14-7-15(11-18)9-16(8-14)12-18/h2-3,14-16H,4-13H2,1H3/b3-2-. The highest BCUT2D eigenvalue weighted by molar-refractivity contribution is 5.69. The summed E-state index contributed by atoms with van der Waals surface area (Å²) in [4.78, 5) is 11.9. The Kier molecular flexibility index (Phi) is 4.18. The lowest BCUT2D eigenvalue weighted by molar-refractivity contribution is -0.155. The molecule has 0 aromatic heterocycles. The lowest BCUT2D eigenvalue weighted by Crippen LogP contribution is -2.48. The average Bonchev–Trinajstić information content (AvgIpc) is 2.40. The first-order valence-corrected chi connectivity index (χ1v) is 8.46. The summed E-state index contributed by atoms with van der Waals surface area (Å²) in [5, 5.41) is 0. The van der Waals surface area contributed by atoms with Gasteiger partial charge in [-0.1, -0.05) is 12.2 Å². The fourth-order valence-electron chi connectivity index (χ4n) is 5.30. The number of carbonyl (C=O) groups is 1. The van der Waals surface area contributed by atoms with Crippen molar-refractivity contribution >= 4 is 5.97 Å². The van der Waals surface area contributed by atoms with Crippen LogP contribution in [0.25, 0.3) is 0 Å². The number of hydrogen-bond donors (Lipinski definition) is 0. The second-order valence-electron chi connectivity index (χ2n) is 7.54. The first-order valence-electron chi connectivity index (χ1n) is 8.46. The Labute approximate surface area is 123 Å². The third kappa shape index (κ3) is 3.10. The highest BCUT2D eigenvalue weighted by atomic mass is 16.5. The van der Waals surface area contributed by atoms with Gasteiger partial charge in [0.05, 0.1) is 6.61 Å². The Morgan fingerprint density at radius 2 is 1.75 bits per heavy atom. The van der Waals surface area contributed by atoms with E-state index in [2.05, 4.69) is 6.08 Å². The van der Waals surface area contributed by atoms with Crippen LogP contribution in [0.4, 0.5) is 0 Å². The van der Waals surface area contributed by atoms with Gasteiger partial charge in [-0.25, -0.2) is 0 Å². The second-order valence-corrected chi connectivity index (χ2v) is 7.54. The van der Waals surface area contributed by atoms with E-state index in [0.717, 1.165) is 30.6 Å². The van der Waals surface area contributed by atoms with Crippen LogP contribution in [0.5, 0.6) is 0 Å². The molecule has 4 saturated carbocycles. The highest BCUT2D eigenvalue weighted by Crippen LogP contribution is 2.60. The minimum atomic E-state index is 0.0187. The van der Waals surface area contributed by atoms with Crippen LogP contribution < -0.4 is 0 Å². The van der Waals surface area contributed by atoms with E-state index in [1.54, 1.807) is 0 Å². The first-order chi connectivity index (χ1) is 9.69. The van der Waals surface area contributed by atoms with Crippen molar-refractivity contribution in [3.8, 4) is 0 Å². The van der Waals surface area contributed by atoms with Gasteiger partial charge in [0.1, 0.15) is 0 Å². The molecule has 4 bridgehead atoms. The summed E-state index contributed by atoms with van der Waals surface area (Å²) in [5.74, 6) is 2.84. The molecular formula is C18H28O2. The molecule has 0 aliphatic heterocycles. The average molecular weight is 276 g/mol. The maximum absolute atomic E-state index is 11.9. The Morgan fingerprint density at radius 1 is 1.15 bits per heavy atom. The Hall–Kier alpha value is -0.790. The molecule has 0 saturated heterocycles. The summed E-state index contributed by atoms with van der Waals surface area (Å²) in [7, 11) is 0. The summed E-state index contributed by atoms with van der Waals surface area (Å²) in [6.45, 7) is 2.73. The molecule has 0 amide bonds. The van der Waals surface area contributed by atoms with Gasteiger partial charge in [-0.05, 0) is 76.0 Å². The molecule has 2 heteroatoms. The van der Waals surface area contributed by atoms with Crippen LogP contribution in [-0.4, -0.2) is 12.6 Å². The van der Waals surface area contributed by atoms with Crippen LogP contribution in [0.3, 0.4) is 0 Å². The van der Waals surface area contributed by atoms with Gasteiger partial charge in [0.25, 0.3) is 0 Å². The number of carbonyl (C=O) groups excluding carboxylic acids is 1. The summed E-state index contributed by atoms with van der Waals surface area (Å²) >= 11 is 0. The molecule has 20 heavy (non-hydrogen) atoms. The van der Waals surface area contributed by atoms with Crippen LogP contribution >= 0.6 is 0 Å². The van der Waals surface area contributed by atoms with Crippen molar-refractivity contribution in [3.05, 3.63) is 12.2 Å². The van der Waals surface area contributed by atoms with Gasteiger partial charge in [0.15, 0.2) is 0 Å². The molecule has 0 atom stereocenters. The number of unbranched alkanes of at least 4 members (excludes halogenated alkanes) is 1. The molecule has 0 radical (unpaired) electrons. The normalized spacial score (nSPS) is 38.5. The predicted octanol–water partition coefficient (Wildman–Crippen LogP) is 4.49. The van der Waals surface area contributed by atoms with E-state index in [-0.39, 0.29) is 5.97 Å². The van der Waals surface area contributed by atoms with E-state index < -0.39 is 0 Å². The molecule has 2 nitrogen and oxygen atoms in total. The van der Waals surface area contributed by atoms with Gasteiger partial charge in [-0.15, -0.1) is 0 Å². The smallest absolute Gasteiger partial charge is 0.305 e. The van der Waals surface area contributed by atoms with Crippen LogP contribution in [0, 0.1) is 23.2 Å². The Bertz CT molecular complexity index is 348. The topological polar surface area (TPSA) is 26.3 Å². The van der Waals surface area contributed by atoms with Crippen LogP contribution in [0.1, 0.15) is 64.7 Å². The van der Waals surface area contributed by atoms with Gasteiger partial charge in [-0.2, -0.15) is 0 Å². The number of ether oxygens (including phenoxy) is 1. The van der Waals surface area contributed by atoms with Crippen molar-refractivity contribution in [2.45, 2.75) is 64.7 Å². The van der Waals surface area contributed by atoms with Crippen LogP contribution in [0.15, 0.2) is 12.2 Å². The van der Waals surface area contributed by atoms with Crippen molar-refractivity contribution in [2.75, 3.05) is 6.61 Å². The molecule has 0 aromatic carbocycles. The summed E-state index contributed by atoms with van der Waals surface area (Å²) < 4.78 is 5.64. The molecule has 0 aromatic rings. The zero-order valence-electron chi connectivity index (χ0n) is 12.8. The third-order valence-corrected chi connectivity index (χ3v) is 5.69.